The summed E-state index contributed by atoms with van der Waals surface area (Å²) in [7, 11) is 1.56. The quantitative estimate of drug-likeness (QED) is 0.670. The summed E-state index contributed by atoms with van der Waals surface area (Å²) in [6, 6.07) is 0. The van der Waals surface area contributed by atoms with Crippen LogP contribution >= 0.6 is 11.8 Å². The zero-order valence-corrected chi connectivity index (χ0v) is 8.60. The van der Waals surface area contributed by atoms with Crippen LogP contribution in [0.2, 0.25) is 0 Å². The number of aliphatic hydroxyl groups is 1. The van der Waals surface area contributed by atoms with Gasteiger partial charge >= 0.3 is 0 Å². The molecule has 0 fully saturated rings. The lowest BCUT2D eigenvalue weighted by Gasteiger charge is -2.15. The van der Waals surface area contributed by atoms with Gasteiger partial charge in [-0.25, -0.2) is 0 Å². The highest BCUT2D eigenvalue weighted by molar-refractivity contribution is 8.01. The van der Waals surface area contributed by atoms with Gasteiger partial charge in [0, 0.05) is 0 Å². The van der Waals surface area contributed by atoms with Crippen LogP contribution in [-0.2, 0) is 4.74 Å². The second-order valence-electron chi connectivity index (χ2n) is 2.71. The molecular weight excluding hydrogens is 172 g/mol. The van der Waals surface area contributed by atoms with E-state index in [4.69, 9.17) is 4.74 Å². The summed E-state index contributed by atoms with van der Waals surface area (Å²) in [5.74, 6) is 0. The van der Waals surface area contributed by atoms with E-state index in [9.17, 15) is 5.11 Å². The summed E-state index contributed by atoms with van der Waals surface area (Å²) in [6.45, 7) is 1.74. The number of hydrogen-bond acceptors (Lipinski definition) is 3. The summed E-state index contributed by atoms with van der Waals surface area (Å²) in [4.78, 5) is 0. The first-order valence-electron chi connectivity index (χ1n) is 3.73. The Kier molecular flexibility index (Phi) is 5.93. The molecule has 0 aromatic rings. The normalized spacial score (nSPS) is 17.0. The van der Waals surface area contributed by atoms with Crippen LogP contribution < -0.4 is 0 Å². The Morgan fingerprint density at radius 3 is 2.75 bits per heavy atom. The van der Waals surface area contributed by atoms with Crippen LogP contribution in [0.15, 0.2) is 23.8 Å². The van der Waals surface area contributed by atoms with Crippen LogP contribution in [-0.4, -0.2) is 24.1 Å². The first-order valence-corrected chi connectivity index (χ1v) is 5.02. The average Bonchev–Trinajstić information content (AvgIpc) is 2.01. The van der Waals surface area contributed by atoms with Gasteiger partial charge in [0.2, 0.25) is 0 Å². The lowest BCUT2D eigenvalue weighted by Crippen LogP contribution is -2.19. The topological polar surface area (TPSA) is 29.5 Å². The van der Waals surface area contributed by atoms with Gasteiger partial charge in [-0.3, -0.25) is 0 Å². The zero-order chi connectivity index (χ0) is 9.45. The third-order valence-electron chi connectivity index (χ3n) is 1.33. The Hall–Kier alpha value is -0.410. The molecule has 0 aliphatic rings. The molecule has 0 spiro atoms. The molecule has 0 aliphatic heterocycles. The zero-order valence-electron chi connectivity index (χ0n) is 7.78. The van der Waals surface area contributed by atoms with E-state index in [1.54, 1.807) is 31.9 Å². The highest BCUT2D eigenvalue weighted by Crippen LogP contribution is 2.12. The average molecular weight is 188 g/mol. The predicted molar refractivity (Wildman–Crippen MR) is 54.0 cm³/mol. The molecule has 0 saturated heterocycles. The van der Waals surface area contributed by atoms with Gasteiger partial charge in [0.05, 0.1) is 19.0 Å². The molecule has 3 heteroatoms. The van der Waals surface area contributed by atoms with Crippen molar-refractivity contribution in [3.8, 4) is 0 Å². The maximum Gasteiger partial charge on any atom is 0.0866 e. The van der Waals surface area contributed by atoms with E-state index in [0.29, 0.717) is 6.42 Å². The molecule has 0 aromatic heterocycles. The fourth-order valence-electron chi connectivity index (χ4n) is 0.666. The van der Waals surface area contributed by atoms with Crippen LogP contribution in [0.25, 0.3) is 0 Å². The van der Waals surface area contributed by atoms with Gasteiger partial charge in [-0.05, 0) is 31.1 Å². The summed E-state index contributed by atoms with van der Waals surface area (Å²) < 4.78 is 4.71. The van der Waals surface area contributed by atoms with E-state index in [2.05, 4.69) is 0 Å². The molecule has 0 aromatic carbocycles. The summed E-state index contributed by atoms with van der Waals surface area (Å²) >= 11 is 1.62. The second kappa shape index (κ2) is 6.14. The van der Waals surface area contributed by atoms with Gasteiger partial charge in [0.25, 0.3) is 0 Å². The molecule has 70 valence electrons. The van der Waals surface area contributed by atoms with Crippen LogP contribution in [0.1, 0.15) is 13.3 Å². The third-order valence-corrected chi connectivity index (χ3v) is 1.79. The first kappa shape index (κ1) is 11.6. The van der Waals surface area contributed by atoms with Crippen LogP contribution in [0, 0.1) is 0 Å². The Morgan fingerprint density at radius 1 is 1.58 bits per heavy atom. The molecule has 0 saturated carbocycles. The van der Waals surface area contributed by atoms with E-state index in [1.165, 1.54) is 6.26 Å². The molecule has 0 bridgehead atoms. The van der Waals surface area contributed by atoms with E-state index in [0.717, 1.165) is 0 Å². The molecule has 0 radical (unpaired) electrons. The van der Waals surface area contributed by atoms with Crippen molar-refractivity contribution >= 4 is 11.8 Å². The summed E-state index contributed by atoms with van der Waals surface area (Å²) in [5.41, 5.74) is -0.803. The van der Waals surface area contributed by atoms with E-state index < -0.39 is 5.60 Å². The molecule has 0 amide bonds. The number of rotatable bonds is 5. The third kappa shape index (κ3) is 6.31. The van der Waals surface area contributed by atoms with Gasteiger partial charge in [-0.15, -0.1) is 11.8 Å². The Labute approximate surface area is 78.3 Å². The van der Waals surface area contributed by atoms with Crippen molar-refractivity contribution in [3.05, 3.63) is 23.8 Å². The largest absolute Gasteiger partial charge is 0.505 e. The van der Waals surface area contributed by atoms with Gasteiger partial charge in [-0.2, -0.15) is 0 Å². The second-order valence-corrected chi connectivity index (χ2v) is 3.45. The lowest BCUT2D eigenvalue weighted by molar-refractivity contribution is 0.112. The molecule has 1 unspecified atom stereocenters. The molecule has 2 nitrogen and oxygen atoms in total. The van der Waals surface area contributed by atoms with E-state index in [1.807, 2.05) is 17.7 Å². The Bertz CT molecular complexity index is 162. The van der Waals surface area contributed by atoms with Crippen molar-refractivity contribution in [2.45, 2.75) is 18.9 Å². The fourth-order valence-corrected chi connectivity index (χ4v) is 0.954. The summed E-state index contributed by atoms with van der Waals surface area (Å²) in [5, 5.41) is 11.6. The molecule has 0 aliphatic carbocycles. The Morgan fingerprint density at radius 2 is 2.25 bits per heavy atom. The standard InChI is InChI=1S/C9H16O2S/c1-9(10,6-7-11-2)5-4-8-12-3/h4,6-8,10H,5H2,1-3H3/b7-6+,8-4+. The molecule has 1 atom stereocenters. The van der Waals surface area contributed by atoms with Crippen molar-refractivity contribution < 1.29 is 9.84 Å². The molecular formula is C9H16O2S. The van der Waals surface area contributed by atoms with Crippen LogP contribution in [0.3, 0.4) is 0 Å². The van der Waals surface area contributed by atoms with Crippen molar-refractivity contribution in [1.82, 2.24) is 0 Å². The maximum absolute atomic E-state index is 9.64. The van der Waals surface area contributed by atoms with Gasteiger partial charge in [-0.1, -0.05) is 6.08 Å². The number of hydrogen-bond donors (Lipinski definition) is 1. The Balaban J connectivity index is 3.86. The molecule has 1 N–H and O–H groups in total. The number of ether oxygens (including phenoxy) is 1. The van der Waals surface area contributed by atoms with Crippen LogP contribution in [0.4, 0.5) is 0 Å². The molecule has 0 heterocycles. The van der Waals surface area contributed by atoms with E-state index in [-0.39, 0.29) is 0 Å². The fraction of sp³-hybridized carbons (Fsp3) is 0.556. The van der Waals surface area contributed by atoms with Gasteiger partial charge in [0.15, 0.2) is 0 Å². The molecule has 0 rings (SSSR count). The number of methoxy groups -OCH3 is 1. The highest BCUT2D eigenvalue weighted by Gasteiger charge is 2.13. The lowest BCUT2D eigenvalue weighted by atomic mass is 10.0. The minimum absolute atomic E-state index is 0.605. The van der Waals surface area contributed by atoms with Crippen molar-refractivity contribution in [2.75, 3.05) is 13.4 Å². The minimum Gasteiger partial charge on any atom is -0.505 e. The van der Waals surface area contributed by atoms with Crippen molar-refractivity contribution in [2.24, 2.45) is 0 Å². The molecule has 12 heavy (non-hydrogen) atoms. The predicted octanol–water partition coefficient (Wildman–Crippen LogP) is 2.16. The summed E-state index contributed by atoms with van der Waals surface area (Å²) in [6.07, 6.45) is 7.65. The SMILES string of the molecule is CO/C=C/C(C)(O)C/C=C/SC. The highest BCUT2D eigenvalue weighted by atomic mass is 32.2. The first-order chi connectivity index (χ1) is 5.62. The van der Waals surface area contributed by atoms with Crippen molar-refractivity contribution in [3.63, 3.8) is 0 Å². The van der Waals surface area contributed by atoms with E-state index >= 15 is 0 Å². The van der Waals surface area contributed by atoms with Crippen LogP contribution in [0.5, 0.6) is 0 Å². The monoisotopic (exact) mass is 188 g/mol. The smallest absolute Gasteiger partial charge is 0.0866 e. The van der Waals surface area contributed by atoms with Gasteiger partial charge in [0.1, 0.15) is 0 Å². The van der Waals surface area contributed by atoms with Crippen molar-refractivity contribution in [1.29, 1.82) is 0 Å². The minimum atomic E-state index is -0.803. The maximum atomic E-state index is 9.64. The van der Waals surface area contributed by atoms with Gasteiger partial charge < -0.3 is 9.84 Å². The number of thioether (sulfide) groups is 1.